The highest BCUT2D eigenvalue weighted by atomic mass is 16.5. The summed E-state index contributed by atoms with van der Waals surface area (Å²) in [4.78, 5) is 21.6. The van der Waals surface area contributed by atoms with Crippen LogP contribution < -0.4 is 15.5 Å². The van der Waals surface area contributed by atoms with Crippen molar-refractivity contribution in [1.82, 2.24) is 25.4 Å². The predicted molar refractivity (Wildman–Crippen MR) is 120 cm³/mol. The van der Waals surface area contributed by atoms with E-state index in [1.807, 2.05) is 24.3 Å². The number of fused-ring (bicyclic) bond motifs is 1. The number of carbonyl (C=O) groups excluding carboxylic acids is 1. The third-order valence-electron chi connectivity index (χ3n) is 6.03. The topological polar surface area (TPSA) is 98.4 Å². The molecule has 0 unspecified atom stereocenters. The van der Waals surface area contributed by atoms with Crippen molar-refractivity contribution in [3.8, 4) is 0 Å². The van der Waals surface area contributed by atoms with Gasteiger partial charge in [-0.25, -0.2) is 9.78 Å². The van der Waals surface area contributed by atoms with Gasteiger partial charge in [0.1, 0.15) is 5.82 Å². The monoisotopic (exact) mass is 421 g/mol. The average Bonchev–Trinajstić information content (AvgIpc) is 3.37. The summed E-state index contributed by atoms with van der Waals surface area (Å²) < 4.78 is 5.42. The van der Waals surface area contributed by atoms with Crippen molar-refractivity contribution in [1.29, 1.82) is 0 Å². The predicted octanol–water partition coefficient (Wildman–Crippen LogP) is 2.01. The number of morpholine rings is 1. The fourth-order valence-electron chi connectivity index (χ4n) is 4.49. The van der Waals surface area contributed by atoms with Gasteiger partial charge in [0, 0.05) is 44.4 Å². The number of hydrogen-bond donors (Lipinski definition) is 3. The maximum absolute atomic E-state index is 12.7. The molecule has 5 rings (SSSR count). The number of hydrogen-bond acceptors (Lipinski definition) is 6. The first-order valence-corrected chi connectivity index (χ1v) is 10.7. The number of likely N-dealkylation sites (N-methyl/N-ethyl adjacent to an activating group) is 1. The molecule has 3 N–H and O–H groups in total. The zero-order valence-electron chi connectivity index (χ0n) is 17.5. The molecule has 0 saturated carbocycles. The van der Waals surface area contributed by atoms with Crippen molar-refractivity contribution >= 4 is 28.6 Å². The molecule has 2 aliphatic heterocycles. The highest BCUT2D eigenvalue weighted by Crippen LogP contribution is 2.27. The first-order chi connectivity index (χ1) is 15.2. The molecule has 3 aromatic rings. The van der Waals surface area contributed by atoms with Crippen LogP contribution in [0.4, 0.5) is 16.4 Å². The minimum Gasteiger partial charge on any atom is -0.378 e. The van der Waals surface area contributed by atoms with E-state index in [0.717, 1.165) is 42.9 Å². The minimum absolute atomic E-state index is 0.0382. The lowest BCUT2D eigenvalue weighted by atomic mass is 9.94. The largest absolute Gasteiger partial charge is 0.378 e. The number of anilines is 2. The van der Waals surface area contributed by atoms with Crippen LogP contribution in [0.15, 0.2) is 42.6 Å². The fourth-order valence-corrected chi connectivity index (χ4v) is 4.49. The third kappa shape index (κ3) is 4.19. The molecular weight excluding hydrogens is 394 g/mol. The first-order valence-electron chi connectivity index (χ1n) is 10.7. The summed E-state index contributed by atoms with van der Waals surface area (Å²) >= 11 is 0. The molecule has 2 fully saturated rings. The van der Waals surface area contributed by atoms with Gasteiger partial charge >= 0.3 is 6.03 Å². The van der Waals surface area contributed by atoms with Gasteiger partial charge in [0.2, 0.25) is 0 Å². The molecule has 2 saturated heterocycles. The van der Waals surface area contributed by atoms with E-state index >= 15 is 0 Å². The number of aromatic nitrogens is 3. The zero-order valence-corrected chi connectivity index (χ0v) is 17.5. The molecule has 0 radical (unpaired) electrons. The Bertz CT molecular complexity index is 1050. The van der Waals surface area contributed by atoms with Crippen LogP contribution in [0.5, 0.6) is 0 Å². The number of aromatic amines is 1. The van der Waals surface area contributed by atoms with Crippen LogP contribution in [0.2, 0.25) is 0 Å². The van der Waals surface area contributed by atoms with Gasteiger partial charge in [-0.3, -0.25) is 10.4 Å². The van der Waals surface area contributed by atoms with Crippen LogP contribution in [0.3, 0.4) is 0 Å². The second-order valence-corrected chi connectivity index (χ2v) is 8.21. The highest BCUT2D eigenvalue weighted by molar-refractivity contribution is 5.94. The molecule has 31 heavy (non-hydrogen) atoms. The maximum atomic E-state index is 12.7. The van der Waals surface area contributed by atoms with Crippen molar-refractivity contribution in [3.63, 3.8) is 0 Å². The molecule has 4 heterocycles. The molecule has 2 amide bonds. The van der Waals surface area contributed by atoms with E-state index in [4.69, 9.17) is 4.74 Å². The zero-order chi connectivity index (χ0) is 21.2. The first kappa shape index (κ1) is 19.8. The molecule has 9 nitrogen and oxygen atoms in total. The summed E-state index contributed by atoms with van der Waals surface area (Å²) in [5.74, 6) is 1.63. The van der Waals surface area contributed by atoms with Crippen molar-refractivity contribution in [2.24, 2.45) is 0 Å². The number of pyridine rings is 1. The van der Waals surface area contributed by atoms with Crippen molar-refractivity contribution < 1.29 is 9.53 Å². The molecule has 2 aromatic heterocycles. The Morgan fingerprint density at radius 3 is 2.81 bits per heavy atom. The summed E-state index contributed by atoms with van der Waals surface area (Å²) in [6, 6.07) is 11.9. The van der Waals surface area contributed by atoms with Crippen molar-refractivity contribution in [3.05, 3.63) is 48.2 Å². The number of nitrogens with one attached hydrogen (secondary N) is 3. The van der Waals surface area contributed by atoms with E-state index in [-0.39, 0.29) is 18.0 Å². The summed E-state index contributed by atoms with van der Waals surface area (Å²) in [6.45, 7) is 4.73. The number of urea groups is 1. The molecule has 0 aliphatic carbocycles. The second kappa shape index (κ2) is 8.52. The van der Waals surface area contributed by atoms with E-state index in [0.29, 0.717) is 19.0 Å². The lowest BCUT2D eigenvalue weighted by molar-refractivity contribution is 0.122. The van der Waals surface area contributed by atoms with Crippen LogP contribution in [-0.2, 0) is 4.74 Å². The minimum atomic E-state index is -0.249. The van der Waals surface area contributed by atoms with Gasteiger partial charge < -0.3 is 19.9 Å². The van der Waals surface area contributed by atoms with E-state index in [9.17, 15) is 4.79 Å². The number of amides is 2. The van der Waals surface area contributed by atoms with E-state index in [1.54, 1.807) is 6.20 Å². The number of ether oxygens (including phenoxy) is 1. The van der Waals surface area contributed by atoms with E-state index in [1.165, 1.54) is 5.56 Å². The van der Waals surface area contributed by atoms with Crippen LogP contribution >= 0.6 is 0 Å². The van der Waals surface area contributed by atoms with Gasteiger partial charge in [-0.15, -0.1) is 0 Å². The fraction of sp³-hybridized carbons (Fsp3) is 0.409. The van der Waals surface area contributed by atoms with Gasteiger partial charge in [-0.2, -0.15) is 5.10 Å². The lowest BCUT2D eigenvalue weighted by Gasteiger charge is -2.26. The van der Waals surface area contributed by atoms with Crippen LogP contribution in [0.25, 0.3) is 10.9 Å². The molecule has 2 aliphatic rings. The highest BCUT2D eigenvalue weighted by Gasteiger charge is 2.33. The number of rotatable bonds is 4. The molecule has 9 heteroatoms. The average molecular weight is 422 g/mol. The Morgan fingerprint density at radius 2 is 2.00 bits per heavy atom. The Hall–Kier alpha value is -3.17. The van der Waals surface area contributed by atoms with Crippen LogP contribution in [0.1, 0.15) is 11.5 Å². The summed E-state index contributed by atoms with van der Waals surface area (Å²) in [7, 11) is 2.08. The maximum Gasteiger partial charge on any atom is 0.320 e. The Labute approximate surface area is 180 Å². The van der Waals surface area contributed by atoms with Crippen molar-refractivity contribution in [2.45, 2.75) is 12.0 Å². The molecule has 0 spiro atoms. The molecule has 2 atom stereocenters. The van der Waals surface area contributed by atoms with Gasteiger partial charge in [0.25, 0.3) is 0 Å². The smallest absolute Gasteiger partial charge is 0.320 e. The Balaban J connectivity index is 1.27. The van der Waals surface area contributed by atoms with Gasteiger partial charge in [-0.05, 0) is 12.6 Å². The number of likely N-dealkylation sites (tertiary alicyclic amines) is 1. The van der Waals surface area contributed by atoms with E-state index < -0.39 is 0 Å². The van der Waals surface area contributed by atoms with E-state index in [2.05, 4.69) is 54.8 Å². The summed E-state index contributed by atoms with van der Waals surface area (Å²) in [5.41, 5.74) is 2.08. The summed E-state index contributed by atoms with van der Waals surface area (Å²) in [6.07, 6.45) is 1.76. The Kier molecular flexibility index (Phi) is 5.44. The quantitative estimate of drug-likeness (QED) is 0.596. The SMILES string of the molecule is CN1C[C@@H](NC(=O)Nc2cc3[nH]nc(N4CCOCC4)c3cn2)[C@H](c2ccccc2)C1. The second-order valence-electron chi connectivity index (χ2n) is 8.21. The van der Waals surface area contributed by atoms with Gasteiger partial charge in [0.15, 0.2) is 5.82 Å². The number of H-pyrrole nitrogens is 1. The number of carbonyl (C=O) groups is 1. The van der Waals surface area contributed by atoms with Gasteiger partial charge in [0.05, 0.1) is 30.2 Å². The molecular formula is C22H27N7O2. The standard InChI is InChI=1S/C22H27N7O2/c1-28-13-17(15-5-3-2-4-6-15)19(14-28)24-22(30)25-20-11-18-16(12-23-20)21(27-26-18)29-7-9-31-10-8-29/h2-6,11-12,17,19H,7-10,13-14H2,1H3,(H,26,27)(H2,23,24,25,30)/t17-,19+/m0/s1. The number of benzene rings is 1. The normalized spacial score (nSPS) is 22.0. The third-order valence-corrected chi connectivity index (χ3v) is 6.03. The van der Waals surface area contributed by atoms with Crippen LogP contribution in [0, 0.1) is 0 Å². The number of nitrogens with zero attached hydrogens (tertiary/aromatic N) is 4. The molecule has 162 valence electrons. The van der Waals surface area contributed by atoms with Crippen LogP contribution in [-0.4, -0.2) is 78.6 Å². The lowest BCUT2D eigenvalue weighted by Crippen LogP contribution is -2.42. The van der Waals surface area contributed by atoms with Crippen molar-refractivity contribution in [2.75, 3.05) is 56.7 Å². The Morgan fingerprint density at radius 1 is 1.19 bits per heavy atom. The van der Waals surface area contributed by atoms with Gasteiger partial charge in [-0.1, -0.05) is 30.3 Å². The molecule has 0 bridgehead atoms. The molecule has 1 aromatic carbocycles. The summed E-state index contributed by atoms with van der Waals surface area (Å²) in [5, 5.41) is 14.4.